The predicted molar refractivity (Wildman–Crippen MR) is 86.7 cm³/mol. The SMILES string of the molecule is CC[C@@H]1O[C@]23OCc4cccc(c42)OP(C)Oc2cccc1c23. The molecule has 3 aliphatic rings. The van der Waals surface area contributed by atoms with E-state index in [1.807, 2.05) is 30.9 Å². The summed E-state index contributed by atoms with van der Waals surface area (Å²) in [5.41, 5.74) is 4.33. The Morgan fingerprint density at radius 1 is 1.09 bits per heavy atom. The van der Waals surface area contributed by atoms with Crippen molar-refractivity contribution in [3.63, 3.8) is 0 Å². The van der Waals surface area contributed by atoms with E-state index in [4.69, 9.17) is 18.5 Å². The van der Waals surface area contributed by atoms with Gasteiger partial charge in [-0.05, 0) is 29.7 Å². The highest BCUT2D eigenvalue weighted by atomic mass is 31.2. The number of hydrogen-bond acceptors (Lipinski definition) is 4. The first-order chi connectivity index (χ1) is 11.2. The molecule has 2 aromatic carbocycles. The van der Waals surface area contributed by atoms with E-state index < -0.39 is 14.2 Å². The Morgan fingerprint density at radius 2 is 1.83 bits per heavy atom. The van der Waals surface area contributed by atoms with Crippen LogP contribution in [0.5, 0.6) is 11.5 Å². The van der Waals surface area contributed by atoms with Crippen LogP contribution in [0.25, 0.3) is 0 Å². The first kappa shape index (κ1) is 13.8. The van der Waals surface area contributed by atoms with Gasteiger partial charge in [0, 0.05) is 6.66 Å². The average molecular weight is 328 g/mol. The van der Waals surface area contributed by atoms with Crippen LogP contribution in [-0.4, -0.2) is 6.66 Å². The van der Waals surface area contributed by atoms with Gasteiger partial charge in [-0.15, -0.1) is 0 Å². The van der Waals surface area contributed by atoms with E-state index in [-0.39, 0.29) is 6.10 Å². The third-order valence-corrected chi connectivity index (χ3v) is 5.65. The molecule has 0 radical (unpaired) electrons. The van der Waals surface area contributed by atoms with Crippen molar-refractivity contribution in [1.82, 2.24) is 0 Å². The van der Waals surface area contributed by atoms with Crippen LogP contribution in [0.3, 0.4) is 0 Å². The quantitative estimate of drug-likeness (QED) is 0.716. The fourth-order valence-electron chi connectivity index (χ4n) is 3.85. The second-order valence-electron chi connectivity index (χ2n) is 6.05. The Kier molecular flexibility index (Phi) is 2.82. The summed E-state index contributed by atoms with van der Waals surface area (Å²) >= 11 is 0. The van der Waals surface area contributed by atoms with Gasteiger partial charge in [-0.2, -0.15) is 0 Å². The highest BCUT2D eigenvalue weighted by Crippen LogP contribution is 2.61. The molecular weight excluding hydrogens is 311 g/mol. The Morgan fingerprint density at radius 3 is 2.61 bits per heavy atom. The van der Waals surface area contributed by atoms with Gasteiger partial charge in [0.25, 0.3) is 8.38 Å². The van der Waals surface area contributed by atoms with Crippen molar-refractivity contribution in [3.8, 4) is 11.5 Å². The van der Waals surface area contributed by atoms with E-state index >= 15 is 0 Å². The van der Waals surface area contributed by atoms with E-state index in [0.29, 0.717) is 6.61 Å². The zero-order valence-electron chi connectivity index (χ0n) is 13.0. The third kappa shape index (κ3) is 1.72. The van der Waals surface area contributed by atoms with Gasteiger partial charge in [-0.3, -0.25) is 0 Å². The normalized spacial score (nSPS) is 29.8. The molecule has 3 aliphatic heterocycles. The van der Waals surface area contributed by atoms with Crippen LogP contribution in [0.1, 0.15) is 41.7 Å². The second-order valence-corrected chi connectivity index (χ2v) is 7.30. The first-order valence-electron chi connectivity index (χ1n) is 7.90. The summed E-state index contributed by atoms with van der Waals surface area (Å²) in [6.07, 6.45) is 0.898. The lowest BCUT2D eigenvalue weighted by atomic mass is 9.91. The molecule has 1 spiro atoms. The lowest BCUT2D eigenvalue weighted by Crippen LogP contribution is -2.28. The van der Waals surface area contributed by atoms with Crippen molar-refractivity contribution in [2.45, 2.75) is 31.8 Å². The van der Waals surface area contributed by atoms with Crippen LogP contribution in [0, 0.1) is 0 Å². The average Bonchev–Trinajstić information content (AvgIpc) is 3.07. The third-order valence-electron chi connectivity index (χ3n) is 4.74. The standard InChI is InChI=1S/C18H17O4P/c1-3-13-12-7-5-9-15-17(12)18(20-13)16-11(10-19-18)6-4-8-14(16)21-23(2)22-15/h4-9,13H,3,10H2,1-2H3/t13-,18+,23?/m0/s1. The van der Waals surface area contributed by atoms with E-state index in [1.165, 1.54) is 0 Å². The molecule has 0 N–H and O–H groups in total. The number of rotatable bonds is 1. The maximum atomic E-state index is 6.47. The van der Waals surface area contributed by atoms with Gasteiger partial charge in [0.15, 0.2) is 0 Å². The van der Waals surface area contributed by atoms with E-state index in [2.05, 4.69) is 19.1 Å². The molecule has 0 aliphatic carbocycles. The van der Waals surface area contributed by atoms with Gasteiger partial charge >= 0.3 is 0 Å². The van der Waals surface area contributed by atoms with Crippen molar-refractivity contribution in [2.24, 2.45) is 0 Å². The van der Waals surface area contributed by atoms with Crippen molar-refractivity contribution in [1.29, 1.82) is 0 Å². The lowest BCUT2D eigenvalue weighted by Gasteiger charge is -2.31. The maximum Gasteiger partial charge on any atom is 0.286 e. The molecule has 4 nitrogen and oxygen atoms in total. The van der Waals surface area contributed by atoms with E-state index in [9.17, 15) is 0 Å². The molecule has 0 aromatic heterocycles. The summed E-state index contributed by atoms with van der Waals surface area (Å²) < 4.78 is 24.9. The zero-order chi connectivity index (χ0) is 15.6. The highest BCUT2D eigenvalue weighted by molar-refractivity contribution is 7.47. The Hall–Kier alpha value is -1.61. The lowest BCUT2D eigenvalue weighted by molar-refractivity contribution is -0.220. The number of ether oxygens (including phenoxy) is 2. The van der Waals surface area contributed by atoms with Crippen LogP contribution in [0.4, 0.5) is 0 Å². The molecule has 3 atom stereocenters. The van der Waals surface area contributed by atoms with Gasteiger partial charge in [0.05, 0.1) is 23.8 Å². The van der Waals surface area contributed by atoms with Crippen molar-refractivity contribution >= 4 is 8.38 Å². The van der Waals surface area contributed by atoms with E-state index in [0.717, 1.165) is 40.2 Å². The summed E-state index contributed by atoms with van der Waals surface area (Å²) in [5.74, 6) is 0.731. The second kappa shape index (κ2) is 4.70. The molecule has 118 valence electrons. The summed E-state index contributed by atoms with van der Waals surface area (Å²) in [7, 11) is -1.05. The smallest absolute Gasteiger partial charge is 0.286 e. The summed E-state index contributed by atoms with van der Waals surface area (Å²) in [5, 5.41) is 0. The van der Waals surface area contributed by atoms with Crippen LogP contribution in [0.2, 0.25) is 0 Å². The minimum absolute atomic E-state index is 0.00809. The molecule has 0 saturated carbocycles. The zero-order valence-corrected chi connectivity index (χ0v) is 13.9. The van der Waals surface area contributed by atoms with Crippen LogP contribution < -0.4 is 9.05 Å². The van der Waals surface area contributed by atoms with Crippen molar-refractivity contribution in [3.05, 3.63) is 58.7 Å². The molecule has 5 heteroatoms. The van der Waals surface area contributed by atoms with Crippen molar-refractivity contribution in [2.75, 3.05) is 6.66 Å². The minimum Gasteiger partial charge on any atom is -0.438 e. The highest BCUT2D eigenvalue weighted by Gasteiger charge is 2.55. The Bertz CT molecular complexity index is 806. The molecule has 3 heterocycles. The molecule has 1 unspecified atom stereocenters. The number of hydrogen-bond donors (Lipinski definition) is 0. The molecule has 0 amide bonds. The first-order valence-corrected chi connectivity index (χ1v) is 9.52. The Balaban J connectivity index is 1.86. The van der Waals surface area contributed by atoms with Gasteiger partial charge < -0.3 is 18.5 Å². The van der Waals surface area contributed by atoms with Gasteiger partial charge in [-0.25, -0.2) is 0 Å². The summed E-state index contributed by atoms with van der Waals surface area (Å²) in [4.78, 5) is 0. The van der Waals surface area contributed by atoms with Gasteiger partial charge in [-0.1, -0.05) is 31.2 Å². The van der Waals surface area contributed by atoms with E-state index in [1.54, 1.807) is 0 Å². The van der Waals surface area contributed by atoms with Crippen molar-refractivity contribution < 1.29 is 18.5 Å². The number of benzene rings is 2. The van der Waals surface area contributed by atoms with Gasteiger partial charge in [0.2, 0.25) is 5.79 Å². The molecule has 0 bridgehead atoms. The molecule has 0 saturated heterocycles. The fraction of sp³-hybridized carbons (Fsp3) is 0.333. The summed E-state index contributed by atoms with van der Waals surface area (Å²) in [6.45, 7) is 4.63. The summed E-state index contributed by atoms with van der Waals surface area (Å²) in [6, 6.07) is 12.2. The monoisotopic (exact) mass is 328 g/mol. The maximum absolute atomic E-state index is 6.47. The minimum atomic E-state index is -1.05. The Labute approximate surface area is 136 Å². The molecule has 5 rings (SSSR count). The topological polar surface area (TPSA) is 36.9 Å². The molecule has 2 aromatic rings. The van der Waals surface area contributed by atoms with Crippen LogP contribution in [0.15, 0.2) is 36.4 Å². The fourth-order valence-corrected chi connectivity index (χ4v) is 4.75. The molecular formula is C18H17O4P. The predicted octanol–water partition coefficient (Wildman–Crippen LogP) is 4.61. The van der Waals surface area contributed by atoms with Crippen LogP contribution in [-0.2, 0) is 21.9 Å². The largest absolute Gasteiger partial charge is 0.438 e. The molecule has 23 heavy (non-hydrogen) atoms. The molecule has 0 fully saturated rings. The van der Waals surface area contributed by atoms with Gasteiger partial charge in [0.1, 0.15) is 11.5 Å². The van der Waals surface area contributed by atoms with Crippen LogP contribution >= 0.6 is 8.38 Å².